The Kier molecular flexibility index (Phi) is 6.02. The average molecular weight is 444 g/mol. The van der Waals surface area contributed by atoms with Crippen LogP contribution in [-0.2, 0) is 9.63 Å². The molecule has 0 radical (unpaired) electrons. The topological polar surface area (TPSA) is 49.8 Å². The van der Waals surface area contributed by atoms with E-state index in [2.05, 4.69) is 33.8 Å². The molecule has 32 heavy (non-hydrogen) atoms. The van der Waals surface area contributed by atoms with Gasteiger partial charge in [-0.2, -0.15) is 0 Å². The SMILES string of the molecule is C[C@H](CCC(=O)N1OCC[C@@H]1C)[C@H]1CC[C@H]2[C@@H]3CC=C4C[C@@H](O)CC[C@]4(C)[C@H]3CC[C@]12C. The Morgan fingerprint density at radius 3 is 2.75 bits per heavy atom. The van der Waals surface area contributed by atoms with E-state index in [1.165, 1.54) is 38.5 Å². The first-order valence-electron chi connectivity index (χ1n) is 13.6. The predicted octanol–water partition coefficient (Wildman–Crippen LogP) is 5.90. The lowest BCUT2D eigenvalue weighted by Gasteiger charge is -2.58. The Labute approximate surface area is 195 Å². The van der Waals surface area contributed by atoms with E-state index in [0.717, 1.165) is 49.4 Å². The molecule has 1 amide bonds. The van der Waals surface area contributed by atoms with Crippen molar-refractivity contribution in [3.05, 3.63) is 11.6 Å². The Balaban J connectivity index is 1.26. The minimum absolute atomic E-state index is 0.118. The molecule has 0 unspecified atom stereocenters. The van der Waals surface area contributed by atoms with Gasteiger partial charge >= 0.3 is 0 Å². The molecule has 4 nitrogen and oxygen atoms in total. The van der Waals surface area contributed by atoms with Crippen LogP contribution in [-0.4, -0.2) is 34.8 Å². The first kappa shape index (κ1) is 22.9. The van der Waals surface area contributed by atoms with E-state index >= 15 is 0 Å². The maximum absolute atomic E-state index is 12.7. The van der Waals surface area contributed by atoms with Crippen molar-refractivity contribution >= 4 is 5.91 Å². The van der Waals surface area contributed by atoms with Crippen LogP contribution in [0.4, 0.5) is 0 Å². The van der Waals surface area contributed by atoms with Crippen LogP contribution in [0.1, 0.15) is 98.3 Å². The third-order valence-corrected chi connectivity index (χ3v) is 11.1. The predicted molar refractivity (Wildman–Crippen MR) is 126 cm³/mol. The lowest BCUT2D eigenvalue weighted by atomic mass is 9.47. The van der Waals surface area contributed by atoms with Crippen LogP contribution in [0.25, 0.3) is 0 Å². The Morgan fingerprint density at radius 2 is 2.00 bits per heavy atom. The van der Waals surface area contributed by atoms with Crippen LogP contribution < -0.4 is 0 Å². The van der Waals surface area contributed by atoms with Crippen molar-refractivity contribution in [1.29, 1.82) is 0 Å². The van der Waals surface area contributed by atoms with Gasteiger partial charge in [-0.25, -0.2) is 5.06 Å². The number of amides is 1. The summed E-state index contributed by atoms with van der Waals surface area (Å²) in [6.07, 6.45) is 14.7. The largest absolute Gasteiger partial charge is 0.393 e. The lowest BCUT2D eigenvalue weighted by Crippen LogP contribution is -2.50. The second kappa shape index (κ2) is 8.41. The number of aliphatic hydroxyl groups is 1. The first-order chi connectivity index (χ1) is 15.2. The van der Waals surface area contributed by atoms with Gasteiger partial charge in [-0.3, -0.25) is 9.63 Å². The van der Waals surface area contributed by atoms with Gasteiger partial charge in [0.15, 0.2) is 0 Å². The van der Waals surface area contributed by atoms with E-state index in [9.17, 15) is 9.90 Å². The maximum atomic E-state index is 12.7. The third-order valence-electron chi connectivity index (χ3n) is 11.1. The monoisotopic (exact) mass is 443 g/mol. The third kappa shape index (κ3) is 3.59. The highest BCUT2D eigenvalue weighted by Gasteiger charge is 2.59. The normalized spacial score (nSPS) is 46.8. The lowest BCUT2D eigenvalue weighted by molar-refractivity contribution is -0.175. The van der Waals surface area contributed by atoms with Crippen LogP contribution in [0.5, 0.6) is 0 Å². The highest BCUT2D eigenvalue weighted by Crippen LogP contribution is 2.67. The van der Waals surface area contributed by atoms with Crippen molar-refractivity contribution in [2.24, 2.45) is 40.4 Å². The minimum atomic E-state index is -0.118. The molecule has 0 aromatic rings. The van der Waals surface area contributed by atoms with Gasteiger partial charge in [0.2, 0.25) is 5.91 Å². The molecular weight excluding hydrogens is 398 g/mol. The van der Waals surface area contributed by atoms with Crippen LogP contribution in [0.2, 0.25) is 0 Å². The van der Waals surface area contributed by atoms with Gasteiger partial charge < -0.3 is 5.11 Å². The van der Waals surface area contributed by atoms with Crippen molar-refractivity contribution in [1.82, 2.24) is 5.06 Å². The Bertz CT molecular complexity index is 764. The van der Waals surface area contributed by atoms with Crippen molar-refractivity contribution < 1.29 is 14.7 Å². The van der Waals surface area contributed by atoms with E-state index in [4.69, 9.17) is 4.84 Å². The zero-order valence-electron chi connectivity index (χ0n) is 20.8. The zero-order valence-corrected chi connectivity index (χ0v) is 20.8. The summed E-state index contributed by atoms with van der Waals surface area (Å²) in [5.74, 6) is 3.96. The van der Waals surface area contributed by atoms with Gasteiger partial charge in [-0.15, -0.1) is 0 Å². The summed E-state index contributed by atoms with van der Waals surface area (Å²) in [4.78, 5) is 18.3. The number of hydroxylamine groups is 2. The molecule has 4 fully saturated rings. The van der Waals surface area contributed by atoms with Crippen molar-refractivity contribution in [3.8, 4) is 0 Å². The van der Waals surface area contributed by atoms with Crippen LogP contribution in [0.15, 0.2) is 11.6 Å². The number of aliphatic hydroxyl groups excluding tert-OH is 1. The fourth-order valence-corrected chi connectivity index (χ4v) is 9.16. The van der Waals surface area contributed by atoms with Crippen molar-refractivity contribution in [2.45, 2.75) is 110 Å². The summed E-state index contributed by atoms with van der Waals surface area (Å²) < 4.78 is 0. The number of hydrogen-bond donors (Lipinski definition) is 1. The van der Waals surface area contributed by atoms with Gasteiger partial charge in [0.1, 0.15) is 0 Å². The van der Waals surface area contributed by atoms with E-state index in [1.54, 1.807) is 10.6 Å². The molecule has 4 heteroatoms. The van der Waals surface area contributed by atoms with Gasteiger partial charge in [0.25, 0.3) is 0 Å². The number of allylic oxidation sites excluding steroid dienone is 1. The van der Waals surface area contributed by atoms with E-state index in [1.807, 2.05) is 0 Å². The van der Waals surface area contributed by atoms with E-state index in [-0.39, 0.29) is 18.1 Å². The summed E-state index contributed by atoms with van der Waals surface area (Å²) >= 11 is 0. The highest BCUT2D eigenvalue weighted by atomic mass is 16.7. The first-order valence-corrected chi connectivity index (χ1v) is 13.6. The summed E-state index contributed by atoms with van der Waals surface area (Å²) in [6.45, 7) is 10.3. The van der Waals surface area contributed by atoms with Crippen LogP contribution >= 0.6 is 0 Å². The molecule has 1 heterocycles. The summed E-state index contributed by atoms with van der Waals surface area (Å²) in [5, 5.41) is 11.9. The van der Waals surface area contributed by atoms with Gasteiger partial charge in [-0.1, -0.05) is 32.4 Å². The highest BCUT2D eigenvalue weighted by molar-refractivity contribution is 5.75. The van der Waals surface area contributed by atoms with Gasteiger partial charge in [0, 0.05) is 6.42 Å². The number of nitrogens with zero attached hydrogens (tertiary/aromatic N) is 1. The second-order valence-corrected chi connectivity index (χ2v) is 12.6. The summed E-state index contributed by atoms with van der Waals surface area (Å²) in [6, 6.07) is 0.230. The molecule has 9 atom stereocenters. The molecule has 5 aliphatic rings. The molecule has 0 spiro atoms. The molecular formula is C28H45NO3. The van der Waals surface area contributed by atoms with Crippen LogP contribution in [0.3, 0.4) is 0 Å². The number of carbonyl (C=O) groups excluding carboxylic acids is 1. The molecule has 1 saturated heterocycles. The number of carbonyl (C=O) groups is 1. The van der Waals surface area contributed by atoms with E-state index in [0.29, 0.717) is 29.8 Å². The van der Waals surface area contributed by atoms with Crippen LogP contribution in [0, 0.1) is 40.4 Å². The van der Waals surface area contributed by atoms with Gasteiger partial charge in [0.05, 0.1) is 18.8 Å². The summed E-state index contributed by atoms with van der Waals surface area (Å²) in [5.41, 5.74) is 2.32. The molecule has 0 aromatic carbocycles. The fraction of sp³-hybridized carbons (Fsp3) is 0.893. The number of rotatable bonds is 4. The molecule has 1 aliphatic heterocycles. The molecule has 1 N–H and O–H groups in total. The quantitative estimate of drug-likeness (QED) is 0.551. The smallest absolute Gasteiger partial charge is 0.246 e. The fourth-order valence-electron chi connectivity index (χ4n) is 9.16. The maximum Gasteiger partial charge on any atom is 0.246 e. The van der Waals surface area contributed by atoms with Crippen molar-refractivity contribution in [2.75, 3.05) is 6.61 Å². The van der Waals surface area contributed by atoms with Crippen molar-refractivity contribution in [3.63, 3.8) is 0 Å². The molecule has 0 aromatic heterocycles. The molecule has 5 rings (SSSR count). The Hall–Kier alpha value is -0.870. The summed E-state index contributed by atoms with van der Waals surface area (Å²) in [7, 11) is 0. The minimum Gasteiger partial charge on any atom is -0.393 e. The standard InChI is InChI=1S/C28H45NO3/c1-18(5-10-26(31)29-19(2)13-16-32-29)23-8-9-24-22-7-6-20-17-21(30)11-14-27(20,3)25(22)12-15-28(23,24)4/h6,18-19,21-25,30H,5,7-17H2,1-4H3/t18-,19+,21+,22+,23-,24+,25+,27+,28-/m1/s1. The number of fused-ring (bicyclic) bond motifs is 5. The molecule has 0 bridgehead atoms. The molecule has 3 saturated carbocycles. The average Bonchev–Trinajstić information content (AvgIpc) is 3.35. The zero-order chi connectivity index (χ0) is 22.7. The molecule has 4 aliphatic carbocycles. The molecule has 180 valence electrons. The van der Waals surface area contributed by atoms with E-state index < -0.39 is 0 Å². The second-order valence-electron chi connectivity index (χ2n) is 12.6. The number of hydrogen-bond acceptors (Lipinski definition) is 3. The Morgan fingerprint density at radius 1 is 1.19 bits per heavy atom. The van der Waals surface area contributed by atoms with Gasteiger partial charge in [-0.05, 0) is 112 Å².